The fourth-order valence-electron chi connectivity index (χ4n) is 1.77. The lowest BCUT2D eigenvalue weighted by Crippen LogP contribution is -2.30. The van der Waals surface area contributed by atoms with Crippen molar-refractivity contribution in [2.24, 2.45) is 0 Å². The van der Waals surface area contributed by atoms with Gasteiger partial charge in [0.1, 0.15) is 5.92 Å². The van der Waals surface area contributed by atoms with Gasteiger partial charge in [0.05, 0.1) is 6.07 Å². The van der Waals surface area contributed by atoms with Crippen molar-refractivity contribution in [1.29, 1.82) is 5.26 Å². The topological polar surface area (TPSA) is 91.8 Å². The molecule has 0 saturated carbocycles. The number of nitrogens with zero attached hydrogens (tertiary/aromatic N) is 3. The van der Waals surface area contributed by atoms with Crippen LogP contribution in [0, 0.1) is 18.3 Å². The zero-order valence-corrected chi connectivity index (χ0v) is 11.0. The second kappa shape index (κ2) is 6.48. The molecule has 102 valence electrons. The van der Waals surface area contributed by atoms with Gasteiger partial charge >= 0.3 is 0 Å². The van der Waals surface area contributed by atoms with Crippen LogP contribution >= 0.6 is 0 Å². The fraction of sp³-hybridized carbons (Fsp3) is 0.286. The molecular weight excluding hydrogens is 256 g/mol. The summed E-state index contributed by atoms with van der Waals surface area (Å²) in [5.74, 6) is -0.0999. The van der Waals surface area contributed by atoms with Crippen molar-refractivity contribution in [3.8, 4) is 6.07 Å². The molecule has 1 aromatic heterocycles. The Labute approximate surface area is 116 Å². The van der Waals surface area contributed by atoms with Crippen LogP contribution in [0.3, 0.4) is 0 Å². The Morgan fingerprint density at radius 3 is 2.80 bits per heavy atom. The number of amides is 1. The Hall–Kier alpha value is -2.68. The van der Waals surface area contributed by atoms with Gasteiger partial charge in [-0.1, -0.05) is 35.5 Å². The predicted molar refractivity (Wildman–Crippen MR) is 70.5 cm³/mol. The molecule has 1 amide bonds. The van der Waals surface area contributed by atoms with E-state index in [4.69, 9.17) is 9.78 Å². The van der Waals surface area contributed by atoms with Crippen molar-refractivity contribution in [3.63, 3.8) is 0 Å². The largest absolute Gasteiger partial charge is 0.354 e. The molecule has 2 rings (SSSR count). The van der Waals surface area contributed by atoms with Crippen LogP contribution in [-0.4, -0.2) is 22.6 Å². The maximum atomic E-state index is 12.0. The molecule has 1 atom stereocenters. The first-order valence-electron chi connectivity index (χ1n) is 6.22. The zero-order valence-electron chi connectivity index (χ0n) is 11.0. The van der Waals surface area contributed by atoms with Crippen LogP contribution in [0.1, 0.15) is 23.2 Å². The van der Waals surface area contributed by atoms with Crippen LogP contribution in [0.5, 0.6) is 0 Å². The lowest BCUT2D eigenvalue weighted by Gasteiger charge is -2.09. The average Bonchev–Trinajstić information content (AvgIpc) is 2.86. The molecule has 20 heavy (non-hydrogen) atoms. The lowest BCUT2D eigenvalue weighted by molar-refractivity contribution is -0.121. The zero-order chi connectivity index (χ0) is 14.4. The van der Waals surface area contributed by atoms with E-state index in [9.17, 15) is 4.79 Å². The molecule has 1 unspecified atom stereocenters. The monoisotopic (exact) mass is 270 g/mol. The molecule has 0 bridgehead atoms. The van der Waals surface area contributed by atoms with Crippen molar-refractivity contribution in [2.45, 2.75) is 19.3 Å². The number of rotatable bonds is 5. The molecule has 1 aromatic carbocycles. The number of nitrogens with one attached hydrogen (secondary N) is 1. The summed E-state index contributed by atoms with van der Waals surface area (Å²) in [6.07, 6.45) is 0.444. The summed E-state index contributed by atoms with van der Waals surface area (Å²) in [4.78, 5) is 16.0. The summed E-state index contributed by atoms with van der Waals surface area (Å²) >= 11 is 0. The third-order valence-electron chi connectivity index (χ3n) is 2.73. The molecule has 1 heterocycles. The third kappa shape index (κ3) is 3.42. The molecule has 0 radical (unpaired) electrons. The lowest BCUT2D eigenvalue weighted by atomic mass is 10.00. The Bertz CT molecular complexity index is 616. The van der Waals surface area contributed by atoms with E-state index in [0.29, 0.717) is 30.2 Å². The highest BCUT2D eigenvalue weighted by molar-refractivity contribution is 5.86. The van der Waals surface area contributed by atoms with E-state index in [1.807, 2.05) is 12.1 Å². The fourth-order valence-corrected chi connectivity index (χ4v) is 1.77. The van der Waals surface area contributed by atoms with Crippen LogP contribution < -0.4 is 5.32 Å². The Balaban J connectivity index is 1.89. The number of aryl methyl sites for hydroxylation is 1. The van der Waals surface area contributed by atoms with Gasteiger partial charge in [-0.3, -0.25) is 4.79 Å². The molecule has 0 spiro atoms. The smallest absolute Gasteiger partial charge is 0.241 e. The minimum atomic E-state index is -0.805. The molecule has 2 aromatic rings. The van der Waals surface area contributed by atoms with Crippen LogP contribution in [0.4, 0.5) is 0 Å². The number of carbonyl (C=O) groups excluding carboxylic acids is 1. The Kier molecular flexibility index (Phi) is 4.45. The standard InChI is InChI=1S/C14H14N4O2/c1-10-17-13(20-18-10)7-8-16-14(19)12(9-15)11-5-3-2-4-6-11/h2-6,12H,7-8H2,1H3,(H,16,19). The van der Waals surface area contributed by atoms with Crippen molar-refractivity contribution in [1.82, 2.24) is 15.5 Å². The second-order valence-corrected chi connectivity index (χ2v) is 4.25. The summed E-state index contributed by atoms with van der Waals surface area (Å²) in [7, 11) is 0. The number of benzene rings is 1. The quantitative estimate of drug-likeness (QED) is 0.885. The van der Waals surface area contributed by atoms with Crippen molar-refractivity contribution < 1.29 is 9.32 Å². The highest BCUT2D eigenvalue weighted by Crippen LogP contribution is 2.14. The summed E-state index contributed by atoms with van der Waals surface area (Å²) in [6.45, 7) is 2.08. The van der Waals surface area contributed by atoms with Gasteiger partial charge in [-0.15, -0.1) is 0 Å². The maximum Gasteiger partial charge on any atom is 0.241 e. The van der Waals surface area contributed by atoms with Crippen molar-refractivity contribution in [2.75, 3.05) is 6.54 Å². The molecule has 0 saturated heterocycles. The normalized spacial score (nSPS) is 11.6. The molecule has 0 aliphatic heterocycles. The van der Waals surface area contributed by atoms with Gasteiger partial charge < -0.3 is 9.84 Å². The van der Waals surface area contributed by atoms with Crippen LogP contribution in [0.2, 0.25) is 0 Å². The van der Waals surface area contributed by atoms with Gasteiger partial charge in [0.2, 0.25) is 11.8 Å². The first-order chi connectivity index (χ1) is 9.70. The maximum absolute atomic E-state index is 12.0. The number of hydrogen-bond acceptors (Lipinski definition) is 5. The van der Waals surface area contributed by atoms with Gasteiger partial charge in [0.15, 0.2) is 5.82 Å². The van der Waals surface area contributed by atoms with Crippen LogP contribution in [0.15, 0.2) is 34.9 Å². The Morgan fingerprint density at radius 1 is 1.45 bits per heavy atom. The number of carbonyl (C=O) groups is 1. The molecule has 0 aliphatic carbocycles. The van der Waals surface area contributed by atoms with E-state index in [-0.39, 0.29) is 5.91 Å². The molecule has 1 N–H and O–H groups in total. The van der Waals surface area contributed by atoms with Gasteiger partial charge in [0, 0.05) is 13.0 Å². The van der Waals surface area contributed by atoms with Gasteiger partial charge in [-0.25, -0.2) is 0 Å². The van der Waals surface area contributed by atoms with E-state index < -0.39 is 5.92 Å². The number of nitriles is 1. The molecule has 6 nitrogen and oxygen atoms in total. The first kappa shape index (κ1) is 13.7. The SMILES string of the molecule is Cc1noc(CCNC(=O)C(C#N)c2ccccc2)n1. The highest BCUT2D eigenvalue weighted by Gasteiger charge is 2.19. The number of aromatic nitrogens is 2. The van der Waals surface area contributed by atoms with E-state index in [1.165, 1.54) is 0 Å². The van der Waals surface area contributed by atoms with Gasteiger partial charge in [0.25, 0.3) is 0 Å². The summed E-state index contributed by atoms with van der Waals surface area (Å²) in [6, 6.07) is 11.0. The van der Waals surface area contributed by atoms with Crippen LogP contribution in [-0.2, 0) is 11.2 Å². The highest BCUT2D eigenvalue weighted by atomic mass is 16.5. The van der Waals surface area contributed by atoms with E-state index >= 15 is 0 Å². The van der Waals surface area contributed by atoms with E-state index in [1.54, 1.807) is 31.2 Å². The number of hydrogen-bond donors (Lipinski definition) is 1. The average molecular weight is 270 g/mol. The molecule has 0 aliphatic rings. The predicted octanol–water partition coefficient (Wildman–Crippen LogP) is 1.34. The minimum Gasteiger partial charge on any atom is -0.354 e. The van der Waals surface area contributed by atoms with E-state index in [0.717, 1.165) is 0 Å². The minimum absolute atomic E-state index is 0.324. The first-order valence-corrected chi connectivity index (χ1v) is 6.22. The Morgan fingerprint density at radius 2 is 2.20 bits per heavy atom. The van der Waals surface area contributed by atoms with Gasteiger partial charge in [-0.05, 0) is 12.5 Å². The molecule has 6 heteroatoms. The molecule has 0 fully saturated rings. The van der Waals surface area contributed by atoms with E-state index in [2.05, 4.69) is 15.5 Å². The summed E-state index contributed by atoms with van der Waals surface area (Å²) in [5, 5.41) is 15.5. The van der Waals surface area contributed by atoms with Crippen molar-refractivity contribution in [3.05, 3.63) is 47.6 Å². The summed E-state index contributed by atoms with van der Waals surface area (Å²) < 4.78 is 4.94. The molecular formula is C14H14N4O2. The third-order valence-corrected chi connectivity index (χ3v) is 2.73. The van der Waals surface area contributed by atoms with Crippen LogP contribution in [0.25, 0.3) is 0 Å². The second-order valence-electron chi connectivity index (χ2n) is 4.25. The summed E-state index contributed by atoms with van der Waals surface area (Å²) in [5.41, 5.74) is 0.682. The van der Waals surface area contributed by atoms with Gasteiger partial charge in [-0.2, -0.15) is 10.2 Å². The van der Waals surface area contributed by atoms with Crippen molar-refractivity contribution >= 4 is 5.91 Å².